The molecule has 0 spiro atoms. The molecule has 0 radical (unpaired) electrons. The molecule has 2 aromatic rings. The van der Waals surface area contributed by atoms with Gasteiger partial charge in [-0.2, -0.15) is 0 Å². The molecule has 2 unspecified atom stereocenters. The van der Waals surface area contributed by atoms with Gasteiger partial charge in [0, 0.05) is 9.79 Å². The van der Waals surface area contributed by atoms with Crippen LogP contribution in [0.3, 0.4) is 0 Å². The molecule has 1 saturated heterocycles. The summed E-state index contributed by atoms with van der Waals surface area (Å²) in [7, 11) is -1.13. The number of epoxide rings is 1. The molecule has 2 aromatic carbocycles. The molecule has 1 aliphatic rings. The Kier molecular flexibility index (Phi) is 3.02. The molecular formula is C15H14O2S. The standard InChI is InChI=1S/C15H14O2S/c1-11-6-8-12(9-7-11)18(16)15-5-3-2-4-13(15)14-10-17-14/h2-9,14H,10H2,1H3. The second-order valence-corrected chi connectivity index (χ2v) is 5.89. The summed E-state index contributed by atoms with van der Waals surface area (Å²) < 4.78 is 17.9. The zero-order chi connectivity index (χ0) is 12.5. The Hall–Kier alpha value is -1.45. The second kappa shape index (κ2) is 4.67. The van der Waals surface area contributed by atoms with E-state index in [4.69, 9.17) is 4.74 Å². The van der Waals surface area contributed by atoms with Crippen LogP contribution in [-0.4, -0.2) is 10.8 Å². The quantitative estimate of drug-likeness (QED) is 0.791. The van der Waals surface area contributed by atoms with Crippen molar-refractivity contribution in [2.24, 2.45) is 0 Å². The zero-order valence-electron chi connectivity index (χ0n) is 10.1. The van der Waals surface area contributed by atoms with Gasteiger partial charge in [0.2, 0.25) is 0 Å². The first-order valence-electron chi connectivity index (χ1n) is 5.94. The Morgan fingerprint density at radius 3 is 2.44 bits per heavy atom. The molecular weight excluding hydrogens is 244 g/mol. The number of aryl methyl sites for hydroxylation is 1. The molecule has 2 nitrogen and oxygen atoms in total. The van der Waals surface area contributed by atoms with Crippen molar-refractivity contribution < 1.29 is 8.95 Å². The van der Waals surface area contributed by atoms with Crippen molar-refractivity contribution in [3.8, 4) is 0 Å². The Morgan fingerprint density at radius 1 is 1.11 bits per heavy atom. The minimum Gasteiger partial charge on any atom is -0.368 e. The van der Waals surface area contributed by atoms with Gasteiger partial charge >= 0.3 is 0 Å². The van der Waals surface area contributed by atoms with Crippen LogP contribution >= 0.6 is 0 Å². The summed E-state index contributed by atoms with van der Waals surface area (Å²) in [5.74, 6) is 0. The fourth-order valence-electron chi connectivity index (χ4n) is 1.93. The van der Waals surface area contributed by atoms with Crippen molar-refractivity contribution >= 4 is 10.8 Å². The monoisotopic (exact) mass is 258 g/mol. The van der Waals surface area contributed by atoms with Crippen LogP contribution in [0.2, 0.25) is 0 Å². The summed E-state index contributed by atoms with van der Waals surface area (Å²) >= 11 is 0. The van der Waals surface area contributed by atoms with E-state index in [1.54, 1.807) is 0 Å². The van der Waals surface area contributed by atoms with Crippen LogP contribution in [-0.2, 0) is 15.5 Å². The van der Waals surface area contributed by atoms with Crippen molar-refractivity contribution in [2.75, 3.05) is 6.61 Å². The fraction of sp³-hybridized carbons (Fsp3) is 0.200. The predicted molar refractivity (Wildman–Crippen MR) is 71.0 cm³/mol. The number of hydrogen-bond donors (Lipinski definition) is 0. The van der Waals surface area contributed by atoms with E-state index in [9.17, 15) is 4.21 Å². The maximum atomic E-state index is 12.6. The Morgan fingerprint density at radius 2 is 1.78 bits per heavy atom. The van der Waals surface area contributed by atoms with Crippen molar-refractivity contribution in [1.29, 1.82) is 0 Å². The normalized spacial score (nSPS) is 19.5. The Labute approximate surface area is 109 Å². The highest BCUT2D eigenvalue weighted by molar-refractivity contribution is 7.85. The molecule has 3 heteroatoms. The zero-order valence-corrected chi connectivity index (χ0v) is 10.9. The van der Waals surface area contributed by atoms with E-state index in [1.807, 2.05) is 55.5 Å². The lowest BCUT2D eigenvalue weighted by molar-refractivity contribution is 0.413. The van der Waals surface area contributed by atoms with E-state index in [0.29, 0.717) is 0 Å². The average Bonchev–Trinajstić information content (AvgIpc) is 3.23. The third-order valence-corrected chi connectivity index (χ3v) is 4.51. The Balaban J connectivity index is 1.99. The van der Waals surface area contributed by atoms with Gasteiger partial charge in [0.05, 0.1) is 17.4 Å². The lowest BCUT2D eigenvalue weighted by Crippen LogP contribution is -1.97. The number of ether oxygens (including phenoxy) is 1. The number of hydrogen-bond acceptors (Lipinski definition) is 2. The van der Waals surface area contributed by atoms with Crippen molar-refractivity contribution in [3.63, 3.8) is 0 Å². The van der Waals surface area contributed by atoms with Gasteiger partial charge in [0.1, 0.15) is 6.10 Å². The summed E-state index contributed by atoms with van der Waals surface area (Å²) in [6.07, 6.45) is 0.135. The lowest BCUT2D eigenvalue weighted by atomic mass is 10.2. The largest absolute Gasteiger partial charge is 0.368 e. The minimum atomic E-state index is -1.13. The van der Waals surface area contributed by atoms with E-state index >= 15 is 0 Å². The summed E-state index contributed by atoms with van der Waals surface area (Å²) in [4.78, 5) is 1.71. The van der Waals surface area contributed by atoms with E-state index < -0.39 is 10.8 Å². The first kappa shape index (κ1) is 11.6. The SMILES string of the molecule is Cc1ccc(S(=O)c2ccccc2C2CO2)cc1. The topological polar surface area (TPSA) is 29.6 Å². The van der Waals surface area contributed by atoms with Crippen LogP contribution in [0.1, 0.15) is 17.2 Å². The molecule has 3 rings (SSSR count). The number of benzene rings is 2. The second-order valence-electron chi connectivity index (χ2n) is 4.44. The summed E-state index contributed by atoms with van der Waals surface area (Å²) in [5, 5.41) is 0. The van der Waals surface area contributed by atoms with Crippen LogP contribution in [0, 0.1) is 6.92 Å². The molecule has 0 aliphatic carbocycles. The van der Waals surface area contributed by atoms with Gasteiger partial charge in [0.15, 0.2) is 0 Å². The highest BCUT2D eigenvalue weighted by Gasteiger charge is 2.28. The lowest BCUT2D eigenvalue weighted by Gasteiger charge is -2.07. The van der Waals surface area contributed by atoms with E-state index in [0.717, 1.165) is 22.0 Å². The van der Waals surface area contributed by atoms with E-state index in [1.165, 1.54) is 5.56 Å². The highest BCUT2D eigenvalue weighted by atomic mass is 32.2. The third-order valence-electron chi connectivity index (χ3n) is 3.03. The molecule has 0 aromatic heterocycles. The summed E-state index contributed by atoms with van der Waals surface area (Å²) in [6, 6.07) is 15.6. The smallest absolute Gasteiger partial charge is 0.107 e. The first-order chi connectivity index (χ1) is 8.75. The van der Waals surface area contributed by atoms with Gasteiger partial charge in [0.25, 0.3) is 0 Å². The minimum absolute atomic E-state index is 0.135. The first-order valence-corrected chi connectivity index (χ1v) is 7.09. The van der Waals surface area contributed by atoms with Crippen molar-refractivity contribution in [3.05, 3.63) is 59.7 Å². The van der Waals surface area contributed by atoms with Gasteiger partial charge in [-0.25, -0.2) is 4.21 Å². The molecule has 1 aliphatic heterocycles. The molecule has 0 amide bonds. The molecule has 0 bridgehead atoms. The van der Waals surface area contributed by atoms with Crippen LogP contribution in [0.5, 0.6) is 0 Å². The molecule has 1 fully saturated rings. The average molecular weight is 258 g/mol. The predicted octanol–water partition coefficient (Wildman–Crippen LogP) is 3.23. The van der Waals surface area contributed by atoms with Gasteiger partial charge in [-0.05, 0) is 30.7 Å². The summed E-state index contributed by atoms with van der Waals surface area (Å²) in [5.41, 5.74) is 2.23. The van der Waals surface area contributed by atoms with Crippen LogP contribution in [0.25, 0.3) is 0 Å². The van der Waals surface area contributed by atoms with Crippen LogP contribution in [0.15, 0.2) is 58.3 Å². The van der Waals surface area contributed by atoms with Gasteiger partial charge < -0.3 is 4.74 Å². The number of rotatable bonds is 3. The van der Waals surface area contributed by atoms with Crippen molar-refractivity contribution in [2.45, 2.75) is 22.8 Å². The van der Waals surface area contributed by atoms with E-state index in [-0.39, 0.29) is 6.10 Å². The third kappa shape index (κ3) is 2.24. The Bertz CT molecular complexity index is 586. The molecule has 2 atom stereocenters. The van der Waals surface area contributed by atoms with Gasteiger partial charge in [-0.1, -0.05) is 35.9 Å². The molecule has 1 heterocycles. The fourth-order valence-corrected chi connectivity index (χ4v) is 3.18. The van der Waals surface area contributed by atoms with Crippen LogP contribution < -0.4 is 0 Å². The maximum absolute atomic E-state index is 12.6. The molecule has 0 saturated carbocycles. The van der Waals surface area contributed by atoms with Crippen molar-refractivity contribution in [1.82, 2.24) is 0 Å². The van der Waals surface area contributed by atoms with E-state index in [2.05, 4.69) is 0 Å². The molecule has 18 heavy (non-hydrogen) atoms. The van der Waals surface area contributed by atoms with Crippen LogP contribution in [0.4, 0.5) is 0 Å². The van der Waals surface area contributed by atoms with Gasteiger partial charge in [-0.15, -0.1) is 0 Å². The highest BCUT2D eigenvalue weighted by Crippen LogP contribution is 2.34. The maximum Gasteiger partial charge on any atom is 0.107 e. The summed E-state index contributed by atoms with van der Waals surface area (Å²) in [6.45, 7) is 2.76. The molecule has 92 valence electrons. The van der Waals surface area contributed by atoms with Gasteiger partial charge in [-0.3, -0.25) is 0 Å². The molecule has 0 N–H and O–H groups in total.